The molecule has 1 aliphatic rings. The predicted octanol–water partition coefficient (Wildman–Crippen LogP) is 4.72. The number of nitrogens with one attached hydrogen (secondary N) is 1. The van der Waals surface area contributed by atoms with Crippen LogP contribution in [0.25, 0.3) is 0 Å². The van der Waals surface area contributed by atoms with Crippen molar-refractivity contribution < 1.29 is 9.59 Å². The van der Waals surface area contributed by atoms with Crippen LogP contribution in [0.4, 0.5) is 5.69 Å². The van der Waals surface area contributed by atoms with Gasteiger partial charge in [0.1, 0.15) is 0 Å². The van der Waals surface area contributed by atoms with Gasteiger partial charge in [-0.3, -0.25) is 9.59 Å². The van der Waals surface area contributed by atoms with Gasteiger partial charge in [0.2, 0.25) is 11.8 Å². The Morgan fingerprint density at radius 3 is 2.72 bits per heavy atom. The van der Waals surface area contributed by atoms with Gasteiger partial charge in [-0.1, -0.05) is 29.3 Å². The van der Waals surface area contributed by atoms with Crippen molar-refractivity contribution in [3.8, 4) is 0 Å². The number of aryl methyl sites for hydroxylation is 1. The first-order valence-corrected chi connectivity index (χ1v) is 9.33. The number of hydrogen-bond acceptors (Lipinski definition) is 2. The van der Waals surface area contributed by atoms with E-state index in [1.54, 1.807) is 24.0 Å². The van der Waals surface area contributed by atoms with E-state index in [1.165, 1.54) is 18.4 Å². The lowest BCUT2D eigenvalue weighted by atomic mass is 9.97. The number of rotatable bonds is 7. The van der Waals surface area contributed by atoms with E-state index >= 15 is 0 Å². The summed E-state index contributed by atoms with van der Waals surface area (Å²) in [4.78, 5) is 25.8. The van der Waals surface area contributed by atoms with Crippen LogP contribution >= 0.6 is 11.6 Å². The van der Waals surface area contributed by atoms with Gasteiger partial charge in [-0.25, -0.2) is 0 Å². The molecular formula is C20H27ClN2O2. The maximum absolute atomic E-state index is 12.2. The number of amides is 2. The van der Waals surface area contributed by atoms with Crippen molar-refractivity contribution in [2.45, 2.75) is 52.4 Å². The van der Waals surface area contributed by atoms with E-state index in [2.05, 4.69) is 11.4 Å². The lowest BCUT2D eigenvalue weighted by Crippen LogP contribution is -2.33. The van der Waals surface area contributed by atoms with Crippen LogP contribution in [0.15, 0.2) is 29.8 Å². The topological polar surface area (TPSA) is 49.4 Å². The van der Waals surface area contributed by atoms with Gasteiger partial charge in [-0.05, 0) is 56.7 Å². The van der Waals surface area contributed by atoms with Crippen LogP contribution in [0.3, 0.4) is 0 Å². The molecule has 25 heavy (non-hydrogen) atoms. The second kappa shape index (κ2) is 9.62. The molecule has 0 aliphatic heterocycles. The maximum atomic E-state index is 12.2. The van der Waals surface area contributed by atoms with Crippen LogP contribution in [-0.2, 0) is 9.59 Å². The first kappa shape index (κ1) is 19.5. The summed E-state index contributed by atoms with van der Waals surface area (Å²) in [5.41, 5.74) is 3.13. The molecule has 0 saturated carbocycles. The number of hydrogen-bond donors (Lipinski definition) is 1. The fourth-order valence-corrected chi connectivity index (χ4v) is 3.19. The Morgan fingerprint density at radius 2 is 2.04 bits per heavy atom. The highest BCUT2D eigenvalue weighted by molar-refractivity contribution is 6.31. The Labute approximate surface area is 155 Å². The van der Waals surface area contributed by atoms with Gasteiger partial charge >= 0.3 is 0 Å². The van der Waals surface area contributed by atoms with Crippen LogP contribution in [0.2, 0.25) is 5.02 Å². The van der Waals surface area contributed by atoms with Crippen LogP contribution in [-0.4, -0.2) is 29.8 Å². The number of carbonyl (C=O) groups is 2. The normalized spacial score (nSPS) is 14.0. The van der Waals surface area contributed by atoms with E-state index in [-0.39, 0.29) is 18.2 Å². The lowest BCUT2D eigenvalue weighted by molar-refractivity contribution is -0.129. The quantitative estimate of drug-likeness (QED) is 0.713. The van der Waals surface area contributed by atoms with Gasteiger partial charge in [0.25, 0.3) is 0 Å². The Kier molecular flexibility index (Phi) is 7.51. The smallest absolute Gasteiger partial charge is 0.226 e. The molecule has 1 aromatic carbocycles. The van der Waals surface area contributed by atoms with Gasteiger partial charge in [-0.2, -0.15) is 0 Å². The van der Waals surface area contributed by atoms with Crippen molar-refractivity contribution in [1.82, 2.24) is 4.90 Å². The summed E-state index contributed by atoms with van der Waals surface area (Å²) in [6.07, 6.45) is 8.29. The second-order valence-electron chi connectivity index (χ2n) is 6.62. The molecular weight excluding hydrogens is 336 g/mol. The average molecular weight is 363 g/mol. The van der Waals surface area contributed by atoms with Crippen molar-refractivity contribution >= 4 is 29.1 Å². The maximum Gasteiger partial charge on any atom is 0.226 e. The zero-order chi connectivity index (χ0) is 18.2. The summed E-state index contributed by atoms with van der Waals surface area (Å²) in [6.45, 7) is 4.61. The molecule has 0 aromatic heterocycles. The Balaban J connectivity index is 1.83. The fraction of sp³-hybridized carbons (Fsp3) is 0.500. The molecule has 1 aliphatic carbocycles. The molecule has 0 heterocycles. The molecule has 5 heteroatoms. The van der Waals surface area contributed by atoms with Crippen LogP contribution in [0.5, 0.6) is 0 Å². The highest BCUT2D eigenvalue weighted by atomic mass is 35.5. The van der Waals surface area contributed by atoms with E-state index in [0.717, 1.165) is 30.5 Å². The summed E-state index contributed by atoms with van der Waals surface area (Å²) >= 11 is 5.97. The molecule has 0 unspecified atom stereocenters. The molecule has 2 rings (SSSR count). The van der Waals surface area contributed by atoms with Gasteiger partial charge < -0.3 is 10.2 Å². The van der Waals surface area contributed by atoms with E-state index in [1.807, 2.05) is 13.0 Å². The molecule has 0 fully saturated rings. The first-order chi connectivity index (χ1) is 12.0. The van der Waals surface area contributed by atoms with Gasteiger partial charge in [-0.15, -0.1) is 0 Å². The molecule has 136 valence electrons. The molecule has 0 bridgehead atoms. The Bertz CT molecular complexity index is 655. The van der Waals surface area contributed by atoms with E-state index in [0.29, 0.717) is 18.1 Å². The zero-order valence-corrected chi connectivity index (χ0v) is 15.9. The van der Waals surface area contributed by atoms with Gasteiger partial charge in [0.05, 0.1) is 0 Å². The summed E-state index contributed by atoms with van der Waals surface area (Å²) in [5.74, 6) is -0.0864. The standard InChI is InChI=1S/C20H27ClN2O2/c1-15-8-9-18(21)14-19(15)22-20(25)11-13-23(16(2)24)12-10-17-6-4-3-5-7-17/h6,8-9,14H,3-5,7,10-13H2,1-2H3,(H,22,25). The Hall–Kier alpha value is -1.81. The lowest BCUT2D eigenvalue weighted by Gasteiger charge is -2.22. The minimum absolute atomic E-state index is 0.0168. The number of halogens is 1. The highest BCUT2D eigenvalue weighted by Gasteiger charge is 2.13. The minimum atomic E-state index is -0.103. The predicted molar refractivity (Wildman–Crippen MR) is 103 cm³/mol. The van der Waals surface area contributed by atoms with Crippen molar-refractivity contribution in [3.05, 3.63) is 40.4 Å². The third-order valence-corrected chi connectivity index (χ3v) is 4.85. The largest absolute Gasteiger partial charge is 0.342 e. The fourth-order valence-electron chi connectivity index (χ4n) is 3.02. The number of benzene rings is 1. The Morgan fingerprint density at radius 1 is 1.24 bits per heavy atom. The number of nitrogens with zero attached hydrogens (tertiary/aromatic N) is 1. The van der Waals surface area contributed by atoms with Gasteiger partial charge in [0, 0.05) is 37.1 Å². The zero-order valence-electron chi connectivity index (χ0n) is 15.1. The van der Waals surface area contributed by atoms with Crippen molar-refractivity contribution in [1.29, 1.82) is 0 Å². The van der Waals surface area contributed by atoms with Gasteiger partial charge in [0.15, 0.2) is 0 Å². The summed E-state index contributed by atoms with van der Waals surface area (Å²) in [5, 5.41) is 3.47. The van der Waals surface area contributed by atoms with Crippen molar-refractivity contribution in [2.24, 2.45) is 0 Å². The molecule has 0 radical (unpaired) electrons. The third-order valence-electron chi connectivity index (χ3n) is 4.62. The van der Waals surface area contributed by atoms with E-state index < -0.39 is 0 Å². The molecule has 2 amide bonds. The monoisotopic (exact) mass is 362 g/mol. The van der Waals surface area contributed by atoms with Crippen molar-refractivity contribution in [3.63, 3.8) is 0 Å². The van der Waals surface area contributed by atoms with Crippen molar-refractivity contribution in [2.75, 3.05) is 18.4 Å². The average Bonchev–Trinajstić information content (AvgIpc) is 2.58. The van der Waals surface area contributed by atoms with E-state index in [4.69, 9.17) is 11.6 Å². The third kappa shape index (κ3) is 6.54. The molecule has 0 saturated heterocycles. The SMILES string of the molecule is CC(=O)N(CCC(=O)Nc1cc(Cl)ccc1C)CCC1=CCCCC1. The van der Waals surface area contributed by atoms with E-state index in [9.17, 15) is 9.59 Å². The first-order valence-electron chi connectivity index (χ1n) is 8.95. The van der Waals surface area contributed by atoms with Crippen LogP contribution in [0.1, 0.15) is 51.0 Å². The van der Waals surface area contributed by atoms with Crippen LogP contribution < -0.4 is 5.32 Å². The summed E-state index contributed by atoms with van der Waals surface area (Å²) < 4.78 is 0. The van der Waals surface area contributed by atoms with Crippen LogP contribution in [0, 0.1) is 6.92 Å². The molecule has 1 aromatic rings. The molecule has 4 nitrogen and oxygen atoms in total. The second-order valence-corrected chi connectivity index (χ2v) is 7.06. The molecule has 1 N–H and O–H groups in total. The minimum Gasteiger partial charge on any atom is -0.342 e. The molecule has 0 spiro atoms. The highest BCUT2D eigenvalue weighted by Crippen LogP contribution is 2.21. The number of anilines is 1. The number of allylic oxidation sites excluding steroid dienone is 1. The summed E-state index contributed by atoms with van der Waals surface area (Å²) in [7, 11) is 0. The number of carbonyl (C=O) groups excluding carboxylic acids is 2. The molecule has 0 atom stereocenters. The summed E-state index contributed by atoms with van der Waals surface area (Å²) in [6, 6.07) is 5.41.